The Kier molecular flexibility index (Phi) is 4.48. The van der Waals surface area contributed by atoms with E-state index in [0.29, 0.717) is 0 Å². The maximum absolute atomic E-state index is 11.9. The normalized spacial score (nSPS) is 12.1. The average Bonchev–Trinajstić information content (AvgIpc) is 2.70. The average molecular weight is 253 g/mol. The summed E-state index contributed by atoms with van der Waals surface area (Å²) in [5, 5.41) is 11.2. The number of nitrogens with zero attached hydrogens (tertiary/aromatic N) is 1. The summed E-state index contributed by atoms with van der Waals surface area (Å²) in [6.07, 6.45) is 3.38. The summed E-state index contributed by atoms with van der Waals surface area (Å²) < 4.78 is 0. The molecule has 1 amide bonds. The minimum atomic E-state index is -0.536. The van der Waals surface area contributed by atoms with E-state index in [-0.39, 0.29) is 12.5 Å². The number of amides is 1. The van der Waals surface area contributed by atoms with Crippen LogP contribution in [0.1, 0.15) is 24.3 Å². The molecule has 0 fully saturated rings. The summed E-state index contributed by atoms with van der Waals surface area (Å²) >= 11 is 1.61. The molecule has 1 aromatic rings. The smallest absolute Gasteiger partial charge is 0.246 e. The van der Waals surface area contributed by atoms with E-state index in [1.807, 2.05) is 38.3 Å². The van der Waals surface area contributed by atoms with Gasteiger partial charge in [0.25, 0.3) is 0 Å². The predicted octanol–water partition coefficient (Wildman–Crippen LogP) is 2.30. The third-order valence-electron chi connectivity index (χ3n) is 2.90. The molecule has 0 spiro atoms. The van der Waals surface area contributed by atoms with Crippen molar-refractivity contribution in [2.75, 3.05) is 13.7 Å². The summed E-state index contributed by atoms with van der Waals surface area (Å²) in [6, 6.07) is 2.02. The highest BCUT2D eigenvalue weighted by Crippen LogP contribution is 2.18. The first-order valence-electron chi connectivity index (χ1n) is 5.49. The van der Waals surface area contributed by atoms with Crippen molar-refractivity contribution < 1.29 is 9.90 Å². The van der Waals surface area contributed by atoms with Crippen LogP contribution in [0.2, 0.25) is 0 Å². The van der Waals surface area contributed by atoms with Gasteiger partial charge in [0.1, 0.15) is 0 Å². The van der Waals surface area contributed by atoms with Gasteiger partial charge in [-0.25, -0.2) is 0 Å². The van der Waals surface area contributed by atoms with Gasteiger partial charge in [-0.2, -0.15) is 0 Å². The fourth-order valence-corrected chi connectivity index (χ4v) is 2.04. The topological polar surface area (TPSA) is 40.5 Å². The van der Waals surface area contributed by atoms with Crippen LogP contribution in [0.5, 0.6) is 0 Å². The SMILES string of the molecule is Cc1ccsc1/C=C/C(=O)N(C)C(C)(C)CO. The molecule has 1 rings (SSSR count). The van der Waals surface area contributed by atoms with E-state index >= 15 is 0 Å². The van der Waals surface area contributed by atoms with E-state index in [4.69, 9.17) is 0 Å². The van der Waals surface area contributed by atoms with Crippen molar-refractivity contribution in [1.29, 1.82) is 0 Å². The van der Waals surface area contributed by atoms with Gasteiger partial charge in [-0.05, 0) is 43.9 Å². The zero-order valence-corrected chi connectivity index (χ0v) is 11.5. The minimum absolute atomic E-state index is 0.0545. The first kappa shape index (κ1) is 13.9. The molecule has 3 nitrogen and oxygen atoms in total. The van der Waals surface area contributed by atoms with E-state index in [2.05, 4.69) is 0 Å². The van der Waals surface area contributed by atoms with E-state index < -0.39 is 5.54 Å². The monoisotopic (exact) mass is 253 g/mol. The van der Waals surface area contributed by atoms with Crippen LogP contribution in [-0.2, 0) is 4.79 Å². The van der Waals surface area contributed by atoms with Crippen molar-refractivity contribution in [2.24, 2.45) is 0 Å². The quantitative estimate of drug-likeness (QED) is 0.836. The number of rotatable bonds is 4. The molecule has 1 heterocycles. The van der Waals surface area contributed by atoms with Crippen molar-refractivity contribution in [3.63, 3.8) is 0 Å². The molecule has 1 N–H and O–H groups in total. The predicted molar refractivity (Wildman–Crippen MR) is 72.0 cm³/mol. The third kappa shape index (κ3) is 3.41. The van der Waals surface area contributed by atoms with E-state index in [1.165, 1.54) is 5.56 Å². The fourth-order valence-electron chi connectivity index (χ4n) is 1.22. The second kappa shape index (κ2) is 5.47. The highest BCUT2D eigenvalue weighted by molar-refractivity contribution is 7.11. The van der Waals surface area contributed by atoms with Crippen molar-refractivity contribution in [2.45, 2.75) is 26.3 Å². The van der Waals surface area contributed by atoms with Gasteiger partial charge in [-0.1, -0.05) is 0 Å². The molecular formula is C13H19NO2S. The molecule has 4 heteroatoms. The maximum Gasteiger partial charge on any atom is 0.246 e. The molecule has 17 heavy (non-hydrogen) atoms. The van der Waals surface area contributed by atoms with Crippen LogP contribution >= 0.6 is 11.3 Å². The second-order valence-electron chi connectivity index (χ2n) is 4.67. The van der Waals surface area contributed by atoms with Gasteiger partial charge < -0.3 is 10.0 Å². The van der Waals surface area contributed by atoms with Crippen LogP contribution in [-0.4, -0.2) is 35.1 Å². The highest BCUT2D eigenvalue weighted by atomic mass is 32.1. The van der Waals surface area contributed by atoms with E-state index in [1.54, 1.807) is 29.4 Å². The van der Waals surface area contributed by atoms with Gasteiger partial charge in [-0.3, -0.25) is 4.79 Å². The molecule has 0 saturated carbocycles. The lowest BCUT2D eigenvalue weighted by atomic mass is 10.1. The van der Waals surface area contributed by atoms with Gasteiger partial charge in [0.2, 0.25) is 5.91 Å². The Bertz CT molecular complexity index is 421. The van der Waals surface area contributed by atoms with Crippen LogP contribution in [0.4, 0.5) is 0 Å². The summed E-state index contributed by atoms with van der Waals surface area (Å²) in [5.41, 5.74) is 0.634. The van der Waals surface area contributed by atoms with Crippen LogP contribution in [0.25, 0.3) is 6.08 Å². The number of carbonyl (C=O) groups excluding carboxylic acids is 1. The highest BCUT2D eigenvalue weighted by Gasteiger charge is 2.25. The van der Waals surface area contributed by atoms with Gasteiger partial charge in [0.15, 0.2) is 0 Å². The fraction of sp³-hybridized carbons (Fsp3) is 0.462. The molecular weight excluding hydrogens is 234 g/mol. The van der Waals surface area contributed by atoms with E-state index in [9.17, 15) is 9.90 Å². The van der Waals surface area contributed by atoms with Crippen molar-refractivity contribution in [1.82, 2.24) is 4.90 Å². The molecule has 0 radical (unpaired) electrons. The lowest BCUT2D eigenvalue weighted by molar-refractivity contribution is -0.130. The van der Waals surface area contributed by atoms with Gasteiger partial charge in [-0.15, -0.1) is 11.3 Å². The van der Waals surface area contributed by atoms with Crippen molar-refractivity contribution in [3.8, 4) is 0 Å². The molecule has 0 aliphatic heterocycles. The number of aryl methyl sites for hydroxylation is 1. The Labute approximate surface area is 106 Å². The number of likely N-dealkylation sites (N-methyl/N-ethyl adjacent to an activating group) is 1. The summed E-state index contributed by atoms with van der Waals surface area (Å²) in [6.45, 7) is 5.62. The Morgan fingerprint density at radius 3 is 2.71 bits per heavy atom. The third-order valence-corrected chi connectivity index (χ3v) is 3.89. The van der Waals surface area contributed by atoms with E-state index in [0.717, 1.165) is 4.88 Å². The maximum atomic E-state index is 11.9. The summed E-state index contributed by atoms with van der Waals surface area (Å²) in [7, 11) is 1.70. The Hall–Kier alpha value is -1.13. The van der Waals surface area contributed by atoms with Crippen molar-refractivity contribution in [3.05, 3.63) is 28.0 Å². The molecule has 0 aliphatic carbocycles. The molecule has 0 aliphatic rings. The lowest BCUT2D eigenvalue weighted by Crippen LogP contribution is -2.47. The number of thiophene rings is 1. The molecule has 0 saturated heterocycles. The largest absolute Gasteiger partial charge is 0.394 e. The van der Waals surface area contributed by atoms with Crippen LogP contribution in [0.15, 0.2) is 17.5 Å². The van der Waals surface area contributed by atoms with Crippen molar-refractivity contribution >= 4 is 23.3 Å². The lowest BCUT2D eigenvalue weighted by Gasteiger charge is -2.33. The zero-order valence-electron chi connectivity index (χ0n) is 10.7. The van der Waals surface area contributed by atoms with Gasteiger partial charge in [0.05, 0.1) is 12.1 Å². The second-order valence-corrected chi connectivity index (χ2v) is 5.62. The minimum Gasteiger partial charge on any atom is -0.394 e. The number of hydrogen-bond donors (Lipinski definition) is 1. The Morgan fingerprint density at radius 1 is 1.59 bits per heavy atom. The number of carbonyl (C=O) groups is 1. The summed E-state index contributed by atoms with van der Waals surface area (Å²) in [4.78, 5) is 14.5. The standard InChI is InChI=1S/C13H19NO2S/c1-10-7-8-17-11(10)5-6-12(16)14(4)13(2,3)9-15/h5-8,15H,9H2,1-4H3/b6-5+. The van der Waals surface area contributed by atoms with Crippen LogP contribution in [0.3, 0.4) is 0 Å². The molecule has 1 aromatic heterocycles. The number of hydrogen-bond acceptors (Lipinski definition) is 3. The first-order valence-corrected chi connectivity index (χ1v) is 6.37. The van der Waals surface area contributed by atoms with Crippen LogP contribution in [0, 0.1) is 6.92 Å². The number of aliphatic hydroxyl groups is 1. The Morgan fingerprint density at radius 2 is 2.24 bits per heavy atom. The molecule has 0 aromatic carbocycles. The van der Waals surface area contributed by atoms with Crippen LogP contribution < -0.4 is 0 Å². The molecule has 0 unspecified atom stereocenters. The molecule has 0 bridgehead atoms. The Balaban J connectivity index is 2.73. The number of aliphatic hydroxyl groups excluding tert-OH is 1. The van der Waals surface area contributed by atoms with Gasteiger partial charge >= 0.3 is 0 Å². The molecule has 0 atom stereocenters. The van der Waals surface area contributed by atoms with Gasteiger partial charge in [0, 0.05) is 18.0 Å². The zero-order chi connectivity index (χ0) is 13.1. The first-order chi connectivity index (χ1) is 7.88. The molecule has 94 valence electrons. The summed E-state index contributed by atoms with van der Waals surface area (Å²) in [5.74, 6) is -0.100.